The third-order valence-corrected chi connectivity index (χ3v) is 4.20. The fraction of sp³-hybridized carbons (Fsp3) is 0.600. The molecule has 0 spiro atoms. The number of hydrazone groups is 1. The summed E-state index contributed by atoms with van der Waals surface area (Å²) in [6.07, 6.45) is 12.5. The Morgan fingerprint density at radius 1 is 0.958 bits per heavy atom. The Labute approximate surface area is 146 Å². The SMILES string of the molecule is CCCCCCCCCCCC(=NNC(N)=O)c1ccc(C)cc1. The van der Waals surface area contributed by atoms with Gasteiger partial charge in [0, 0.05) is 0 Å². The van der Waals surface area contributed by atoms with Gasteiger partial charge in [0.05, 0.1) is 5.71 Å². The molecule has 24 heavy (non-hydrogen) atoms. The Kier molecular flexibility index (Phi) is 10.6. The summed E-state index contributed by atoms with van der Waals surface area (Å²) >= 11 is 0. The molecule has 134 valence electrons. The minimum absolute atomic E-state index is 0.619. The maximum Gasteiger partial charge on any atom is 0.332 e. The van der Waals surface area contributed by atoms with Crippen LogP contribution in [0.5, 0.6) is 0 Å². The number of primary amides is 1. The van der Waals surface area contributed by atoms with E-state index in [2.05, 4.69) is 36.5 Å². The van der Waals surface area contributed by atoms with Crippen LogP contribution in [0.2, 0.25) is 0 Å². The van der Waals surface area contributed by atoms with Crippen molar-refractivity contribution in [2.45, 2.75) is 78.1 Å². The Bertz CT molecular complexity index is 494. The van der Waals surface area contributed by atoms with Gasteiger partial charge in [-0.3, -0.25) is 0 Å². The average molecular weight is 332 g/mol. The zero-order valence-electron chi connectivity index (χ0n) is 15.3. The van der Waals surface area contributed by atoms with Gasteiger partial charge in [-0.15, -0.1) is 0 Å². The first-order valence-electron chi connectivity index (χ1n) is 9.32. The lowest BCUT2D eigenvalue weighted by Crippen LogP contribution is -2.26. The molecular formula is C20H33N3O. The van der Waals surface area contributed by atoms with E-state index in [1.54, 1.807) is 0 Å². The van der Waals surface area contributed by atoms with Gasteiger partial charge in [0.25, 0.3) is 0 Å². The van der Waals surface area contributed by atoms with Crippen molar-refractivity contribution in [3.8, 4) is 0 Å². The maximum absolute atomic E-state index is 10.9. The molecule has 0 saturated carbocycles. The van der Waals surface area contributed by atoms with Crippen LogP contribution in [0.3, 0.4) is 0 Å². The van der Waals surface area contributed by atoms with E-state index in [9.17, 15) is 4.79 Å². The number of amides is 2. The van der Waals surface area contributed by atoms with Crippen molar-refractivity contribution in [1.82, 2.24) is 5.43 Å². The molecule has 0 aliphatic heterocycles. The second kappa shape index (κ2) is 12.6. The predicted molar refractivity (Wildman–Crippen MR) is 102 cm³/mol. The molecule has 0 saturated heterocycles. The fourth-order valence-electron chi connectivity index (χ4n) is 2.74. The molecule has 0 heterocycles. The van der Waals surface area contributed by atoms with Crippen LogP contribution in [0.15, 0.2) is 29.4 Å². The summed E-state index contributed by atoms with van der Waals surface area (Å²) in [5.41, 5.74) is 10.7. The van der Waals surface area contributed by atoms with E-state index in [1.165, 1.54) is 56.9 Å². The Hall–Kier alpha value is -1.84. The van der Waals surface area contributed by atoms with E-state index >= 15 is 0 Å². The van der Waals surface area contributed by atoms with E-state index in [1.807, 2.05) is 12.1 Å². The van der Waals surface area contributed by atoms with E-state index < -0.39 is 6.03 Å². The van der Waals surface area contributed by atoms with Crippen molar-refractivity contribution in [3.63, 3.8) is 0 Å². The van der Waals surface area contributed by atoms with E-state index in [0.717, 1.165) is 24.1 Å². The minimum Gasteiger partial charge on any atom is -0.350 e. The highest BCUT2D eigenvalue weighted by molar-refractivity contribution is 6.01. The van der Waals surface area contributed by atoms with Gasteiger partial charge in [0.2, 0.25) is 0 Å². The van der Waals surface area contributed by atoms with Crippen molar-refractivity contribution in [2.75, 3.05) is 0 Å². The normalized spacial score (nSPS) is 11.5. The lowest BCUT2D eigenvalue weighted by atomic mass is 10.0. The van der Waals surface area contributed by atoms with Crippen LogP contribution < -0.4 is 11.2 Å². The highest BCUT2D eigenvalue weighted by Crippen LogP contribution is 2.13. The molecule has 0 aliphatic rings. The summed E-state index contributed by atoms with van der Waals surface area (Å²) in [5, 5.41) is 4.18. The first-order chi connectivity index (χ1) is 11.6. The zero-order chi connectivity index (χ0) is 17.6. The van der Waals surface area contributed by atoms with Crippen molar-refractivity contribution in [1.29, 1.82) is 0 Å². The van der Waals surface area contributed by atoms with Crippen LogP contribution in [0.25, 0.3) is 0 Å². The molecule has 4 nitrogen and oxygen atoms in total. The third-order valence-electron chi connectivity index (χ3n) is 4.20. The van der Waals surface area contributed by atoms with Gasteiger partial charge in [-0.25, -0.2) is 10.2 Å². The molecule has 1 rings (SSSR count). The summed E-state index contributed by atoms with van der Waals surface area (Å²) in [6, 6.07) is 7.60. The van der Waals surface area contributed by atoms with Crippen molar-refractivity contribution < 1.29 is 4.79 Å². The Balaban J connectivity index is 2.34. The van der Waals surface area contributed by atoms with Crippen LogP contribution in [0, 0.1) is 6.92 Å². The second-order valence-corrected chi connectivity index (χ2v) is 6.48. The molecule has 0 fully saturated rings. The van der Waals surface area contributed by atoms with Gasteiger partial charge < -0.3 is 5.73 Å². The van der Waals surface area contributed by atoms with Gasteiger partial charge in [0.1, 0.15) is 0 Å². The lowest BCUT2D eigenvalue weighted by Gasteiger charge is -2.08. The molecule has 0 aliphatic carbocycles. The summed E-state index contributed by atoms with van der Waals surface area (Å²) in [7, 11) is 0. The van der Waals surface area contributed by atoms with Gasteiger partial charge in [-0.1, -0.05) is 88.1 Å². The molecule has 1 aromatic carbocycles. The molecule has 0 radical (unpaired) electrons. The maximum atomic E-state index is 10.9. The Morgan fingerprint density at radius 2 is 1.50 bits per heavy atom. The molecule has 0 aromatic heterocycles. The van der Waals surface area contributed by atoms with Crippen molar-refractivity contribution >= 4 is 11.7 Å². The van der Waals surface area contributed by atoms with Gasteiger partial charge >= 0.3 is 6.03 Å². The number of benzene rings is 1. The fourth-order valence-corrected chi connectivity index (χ4v) is 2.74. The zero-order valence-corrected chi connectivity index (χ0v) is 15.3. The highest BCUT2D eigenvalue weighted by Gasteiger charge is 2.05. The van der Waals surface area contributed by atoms with Crippen LogP contribution in [-0.4, -0.2) is 11.7 Å². The number of carbonyl (C=O) groups is 1. The van der Waals surface area contributed by atoms with Crippen LogP contribution >= 0.6 is 0 Å². The van der Waals surface area contributed by atoms with Crippen molar-refractivity contribution in [2.24, 2.45) is 10.8 Å². The molecule has 3 N–H and O–H groups in total. The second-order valence-electron chi connectivity index (χ2n) is 6.48. The van der Waals surface area contributed by atoms with Crippen molar-refractivity contribution in [3.05, 3.63) is 35.4 Å². The minimum atomic E-state index is -0.619. The number of unbranched alkanes of at least 4 members (excludes halogenated alkanes) is 8. The highest BCUT2D eigenvalue weighted by atomic mass is 16.2. The van der Waals surface area contributed by atoms with E-state index in [-0.39, 0.29) is 0 Å². The number of rotatable bonds is 12. The molecular weight excluding hydrogens is 298 g/mol. The third kappa shape index (κ3) is 9.33. The summed E-state index contributed by atoms with van der Waals surface area (Å²) in [5.74, 6) is 0. The van der Waals surface area contributed by atoms with Crippen LogP contribution in [0.4, 0.5) is 4.79 Å². The number of hydrogen-bond acceptors (Lipinski definition) is 2. The van der Waals surface area contributed by atoms with Gasteiger partial charge in [0.15, 0.2) is 0 Å². The molecule has 4 heteroatoms. The first kappa shape index (κ1) is 20.2. The van der Waals surface area contributed by atoms with Crippen LogP contribution in [0.1, 0.15) is 82.3 Å². The topological polar surface area (TPSA) is 67.5 Å². The molecule has 2 amide bonds. The number of carbonyl (C=O) groups excluding carboxylic acids is 1. The molecule has 1 aromatic rings. The monoisotopic (exact) mass is 331 g/mol. The summed E-state index contributed by atoms with van der Waals surface area (Å²) < 4.78 is 0. The number of hydrogen-bond donors (Lipinski definition) is 2. The largest absolute Gasteiger partial charge is 0.350 e. The molecule has 0 unspecified atom stereocenters. The van der Waals surface area contributed by atoms with Gasteiger partial charge in [-0.2, -0.15) is 5.10 Å². The Morgan fingerprint density at radius 3 is 2.04 bits per heavy atom. The quantitative estimate of drug-likeness (QED) is 0.305. The summed E-state index contributed by atoms with van der Waals surface area (Å²) in [4.78, 5) is 10.9. The average Bonchev–Trinajstić information content (AvgIpc) is 2.57. The standard InChI is InChI=1S/C20H33N3O/c1-3-4-5-6-7-8-9-10-11-12-19(22-23-20(21)24)18-15-13-17(2)14-16-18/h13-16H,3-12H2,1-2H3,(H3,21,23,24). The predicted octanol–water partition coefficient (Wildman–Crippen LogP) is 5.29. The molecule has 0 atom stereocenters. The number of urea groups is 1. The molecule has 0 bridgehead atoms. The number of nitrogens with two attached hydrogens (primary N) is 1. The number of aryl methyl sites for hydroxylation is 1. The van der Waals surface area contributed by atoms with Crippen LogP contribution in [-0.2, 0) is 0 Å². The van der Waals surface area contributed by atoms with E-state index in [4.69, 9.17) is 5.73 Å². The van der Waals surface area contributed by atoms with Gasteiger partial charge in [-0.05, 0) is 25.3 Å². The number of nitrogens with zero attached hydrogens (tertiary/aromatic N) is 1. The lowest BCUT2D eigenvalue weighted by molar-refractivity contribution is 0.249. The smallest absolute Gasteiger partial charge is 0.332 e. The number of nitrogens with one attached hydrogen (secondary N) is 1. The first-order valence-corrected chi connectivity index (χ1v) is 9.32. The summed E-state index contributed by atoms with van der Waals surface area (Å²) in [6.45, 7) is 4.31. The van der Waals surface area contributed by atoms with E-state index in [0.29, 0.717) is 0 Å².